The first kappa shape index (κ1) is 26.5. The van der Waals surface area contributed by atoms with E-state index in [1.807, 2.05) is 0 Å². The molecular formula is C4H10Na2O8P2+2. The normalized spacial score (nSPS) is 10.0. The van der Waals surface area contributed by atoms with Gasteiger partial charge in [-0.15, -0.1) is 9.05 Å². The van der Waals surface area contributed by atoms with Gasteiger partial charge in [-0.2, -0.15) is 0 Å². The van der Waals surface area contributed by atoms with E-state index in [2.05, 4.69) is 9.05 Å². The van der Waals surface area contributed by atoms with Gasteiger partial charge in [0.25, 0.3) is 0 Å². The van der Waals surface area contributed by atoms with Crippen molar-refractivity contribution in [3.8, 4) is 0 Å². The topological polar surface area (TPSA) is 139 Å². The van der Waals surface area contributed by atoms with E-state index in [4.69, 9.17) is 10.2 Å². The van der Waals surface area contributed by atoms with E-state index in [9.17, 15) is 18.9 Å². The van der Waals surface area contributed by atoms with Crippen LogP contribution in [0, 0.1) is 0 Å². The van der Waals surface area contributed by atoms with Crippen molar-refractivity contribution in [1.82, 2.24) is 0 Å². The Kier molecular flexibility index (Phi) is 36.7. The molecule has 0 radical (unpaired) electrons. The zero-order valence-corrected chi connectivity index (χ0v) is 14.9. The first-order valence-corrected chi connectivity index (χ1v) is 5.50. The number of hydrogen-bond acceptors (Lipinski definition) is 8. The molecule has 0 saturated carbocycles. The van der Waals surface area contributed by atoms with Crippen molar-refractivity contribution in [1.29, 1.82) is 0 Å². The molecule has 0 bridgehead atoms. The number of rotatable bonds is 6. The van der Waals surface area contributed by atoms with Crippen LogP contribution in [0.2, 0.25) is 0 Å². The van der Waals surface area contributed by atoms with Crippen molar-refractivity contribution < 1.29 is 97.3 Å². The van der Waals surface area contributed by atoms with E-state index in [1.54, 1.807) is 0 Å². The monoisotopic (exact) mass is 294 g/mol. The molecule has 12 heteroatoms. The maximum atomic E-state index is 9.46. The van der Waals surface area contributed by atoms with Crippen LogP contribution in [0.4, 0.5) is 0 Å². The SMILES string of the molecule is O=[P+]([O-])OCCO.O=[P+]([O-])OCCO.[Na+].[Na+]. The maximum absolute atomic E-state index is 9.46. The summed E-state index contributed by atoms with van der Waals surface area (Å²) >= 11 is 0. The van der Waals surface area contributed by atoms with E-state index < -0.39 is 16.5 Å². The number of aliphatic hydroxyl groups excluding tert-OH is 2. The summed E-state index contributed by atoms with van der Waals surface area (Å²) in [5.41, 5.74) is 0. The van der Waals surface area contributed by atoms with Crippen LogP contribution >= 0.6 is 16.5 Å². The summed E-state index contributed by atoms with van der Waals surface area (Å²) in [4.78, 5) is 18.9. The summed E-state index contributed by atoms with van der Waals surface area (Å²) in [5.74, 6) is 0. The molecule has 0 aromatic carbocycles. The Morgan fingerprint density at radius 2 is 1.12 bits per heavy atom. The molecule has 0 aromatic heterocycles. The fourth-order valence-corrected chi connectivity index (χ4v) is 0.692. The number of aliphatic hydroxyl groups is 2. The summed E-state index contributed by atoms with van der Waals surface area (Å²) < 4.78 is 26.7. The predicted octanol–water partition coefficient (Wildman–Crippen LogP) is -7.97. The largest absolute Gasteiger partial charge is 1.00 e. The quantitative estimate of drug-likeness (QED) is 0.363. The predicted molar refractivity (Wildman–Crippen MR) is 41.3 cm³/mol. The minimum absolute atomic E-state index is 0. The second-order valence-corrected chi connectivity index (χ2v) is 2.97. The summed E-state index contributed by atoms with van der Waals surface area (Å²) in [6, 6.07) is 0. The number of hydrogen-bond donors (Lipinski definition) is 2. The van der Waals surface area contributed by atoms with Gasteiger partial charge in [0, 0.05) is 0 Å². The van der Waals surface area contributed by atoms with Crippen molar-refractivity contribution in [3.05, 3.63) is 0 Å². The minimum atomic E-state index is -2.77. The minimum Gasteiger partial charge on any atom is -0.566 e. The zero-order valence-electron chi connectivity index (χ0n) is 9.07. The standard InChI is InChI=1S/2C2H5O4P.2Na/c2*3-1-2-6-7(4)5;;/h2*3H,1-2H2;;/q;;2*+1. The Hall–Kier alpha value is 1.96. The third kappa shape index (κ3) is 36.0. The summed E-state index contributed by atoms with van der Waals surface area (Å²) in [6.07, 6.45) is 0. The molecule has 8 nitrogen and oxygen atoms in total. The Labute approximate surface area is 139 Å². The molecule has 0 aromatic rings. The van der Waals surface area contributed by atoms with Gasteiger partial charge in [0.2, 0.25) is 0 Å². The van der Waals surface area contributed by atoms with E-state index in [-0.39, 0.29) is 85.5 Å². The fraction of sp³-hybridized carbons (Fsp3) is 1.00. The summed E-state index contributed by atoms with van der Waals surface area (Å²) in [6.45, 7) is -0.802. The molecule has 0 spiro atoms. The Bertz CT molecular complexity index is 152. The molecule has 0 rings (SSSR count). The first-order valence-electron chi connectivity index (χ1n) is 3.31. The molecule has 2 unspecified atom stereocenters. The van der Waals surface area contributed by atoms with Crippen molar-refractivity contribution in [2.24, 2.45) is 0 Å². The molecule has 0 fully saturated rings. The molecule has 0 saturated heterocycles. The van der Waals surface area contributed by atoms with Gasteiger partial charge in [-0.1, -0.05) is 0 Å². The Morgan fingerprint density at radius 1 is 0.875 bits per heavy atom. The molecule has 0 aliphatic rings. The van der Waals surface area contributed by atoms with Crippen LogP contribution in [-0.2, 0) is 18.2 Å². The van der Waals surface area contributed by atoms with E-state index in [1.165, 1.54) is 0 Å². The van der Waals surface area contributed by atoms with E-state index in [0.29, 0.717) is 0 Å². The average molecular weight is 294 g/mol. The van der Waals surface area contributed by atoms with Crippen LogP contribution in [0.25, 0.3) is 0 Å². The van der Waals surface area contributed by atoms with Gasteiger partial charge in [0.15, 0.2) is 0 Å². The van der Waals surface area contributed by atoms with E-state index >= 15 is 0 Å². The smallest absolute Gasteiger partial charge is 0.566 e. The fourth-order valence-electron chi connectivity index (χ4n) is 0.231. The van der Waals surface area contributed by atoms with Gasteiger partial charge in [0.1, 0.15) is 13.2 Å². The summed E-state index contributed by atoms with van der Waals surface area (Å²) in [7, 11) is -5.53. The third-order valence-corrected chi connectivity index (χ3v) is 1.36. The molecule has 84 valence electrons. The Balaban J connectivity index is -0.0000000800. The van der Waals surface area contributed by atoms with Crippen molar-refractivity contribution in [3.63, 3.8) is 0 Å². The zero-order chi connectivity index (χ0) is 11.4. The van der Waals surface area contributed by atoms with Gasteiger partial charge in [-0.25, -0.2) is 0 Å². The van der Waals surface area contributed by atoms with Gasteiger partial charge < -0.3 is 20.0 Å². The van der Waals surface area contributed by atoms with Gasteiger partial charge in [0.05, 0.1) is 13.2 Å². The molecular weight excluding hydrogens is 284 g/mol. The molecule has 0 heterocycles. The molecule has 2 atom stereocenters. The average Bonchev–Trinajstić information content (AvgIpc) is 2.12. The van der Waals surface area contributed by atoms with Gasteiger partial charge in [-0.05, 0) is 9.13 Å². The van der Waals surface area contributed by atoms with Crippen molar-refractivity contribution in [2.75, 3.05) is 26.4 Å². The first-order chi connectivity index (χ1) is 6.54. The van der Waals surface area contributed by atoms with Gasteiger partial charge in [-0.3, -0.25) is 0 Å². The molecule has 0 aliphatic carbocycles. The van der Waals surface area contributed by atoms with Crippen LogP contribution in [-0.4, -0.2) is 36.6 Å². The van der Waals surface area contributed by atoms with Crippen molar-refractivity contribution in [2.45, 2.75) is 0 Å². The van der Waals surface area contributed by atoms with Gasteiger partial charge >= 0.3 is 75.6 Å². The second-order valence-electron chi connectivity index (χ2n) is 1.56. The Morgan fingerprint density at radius 3 is 1.19 bits per heavy atom. The maximum Gasteiger partial charge on any atom is 1.00 e. The van der Waals surface area contributed by atoms with Crippen LogP contribution < -0.4 is 68.9 Å². The molecule has 16 heavy (non-hydrogen) atoms. The second kappa shape index (κ2) is 22.2. The third-order valence-electron chi connectivity index (χ3n) is 0.576. The van der Waals surface area contributed by atoms with Crippen molar-refractivity contribution >= 4 is 16.5 Å². The molecule has 0 aliphatic heterocycles. The van der Waals surface area contributed by atoms with E-state index in [0.717, 1.165) is 0 Å². The molecule has 2 N–H and O–H groups in total. The van der Waals surface area contributed by atoms with Crippen LogP contribution in [0.1, 0.15) is 0 Å². The van der Waals surface area contributed by atoms with Crippen LogP contribution in [0.15, 0.2) is 0 Å². The van der Waals surface area contributed by atoms with Crippen LogP contribution in [0.3, 0.4) is 0 Å². The summed E-state index contributed by atoms with van der Waals surface area (Å²) in [5, 5.41) is 15.8. The van der Waals surface area contributed by atoms with Crippen LogP contribution in [0.5, 0.6) is 0 Å². The molecule has 0 amide bonds.